The zero-order valence-electron chi connectivity index (χ0n) is 40.7. The third-order valence-electron chi connectivity index (χ3n) is 13.6. The van der Waals surface area contributed by atoms with Crippen molar-refractivity contribution in [3.05, 3.63) is 164 Å². The van der Waals surface area contributed by atoms with Gasteiger partial charge in [-0.15, -0.1) is 0 Å². The molecule has 2 aromatic heterocycles. The second kappa shape index (κ2) is 23.1. The van der Waals surface area contributed by atoms with Gasteiger partial charge in [0.2, 0.25) is 11.5 Å². The molecule has 384 valence electrons. The molecule has 3 heterocycles. The highest BCUT2D eigenvalue weighted by Gasteiger charge is 2.42. The monoisotopic (exact) mass is 1040 g/mol. The molecule has 9 nitrogen and oxygen atoms in total. The molecule has 1 aliphatic heterocycles. The van der Waals surface area contributed by atoms with E-state index in [1.54, 1.807) is 36.4 Å². The van der Waals surface area contributed by atoms with Crippen molar-refractivity contribution < 1.29 is 58.5 Å². The van der Waals surface area contributed by atoms with Gasteiger partial charge in [0, 0.05) is 58.2 Å². The number of quaternary nitrogens is 2. The quantitative estimate of drug-likeness (QED) is 0.0837. The van der Waals surface area contributed by atoms with Crippen LogP contribution in [-0.4, -0.2) is 74.3 Å². The highest BCUT2D eigenvalue weighted by atomic mass is 35.5. The summed E-state index contributed by atoms with van der Waals surface area (Å²) in [6.07, 6.45) is -1.14. The van der Waals surface area contributed by atoms with E-state index in [1.807, 2.05) is 48.5 Å². The second-order valence-electron chi connectivity index (χ2n) is 19.7. The third-order valence-corrected chi connectivity index (χ3v) is 14.1. The van der Waals surface area contributed by atoms with Crippen molar-refractivity contribution >= 4 is 35.0 Å². The molecule has 0 bridgehead atoms. The lowest BCUT2D eigenvalue weighted by atomic mass is 9.92. The van der Waals surface area contributed by atoms with Crippen molar-refractivity contribution in [3.63, 3.8) is 0 Å². The predicted molar refractivity (Wildman–Crippen MR) is 266 cm³/mol. The average molecular weight is 1040 g/mol. The summed E-state index contributed by atoms with van der Waals surface area (Å²) in [5, 5.41) is 6.07. The Kier molecular flexibility index (Phi) is 17.4. The second-order valence-corrected chi connectivity index (χ2v) is 20.6. The lowest BCUT2D eigenvalue weighted by Gasteiger charge is -2.40. The normalized spacial score (nSPS) is 15.2. The van der Waals surface area contributed by atoms with Crippen LogP contribution < -0.4 is 10.6 Å². The first kappa shape index (κ1) is 54.2. The first-order valence-corrected chi connectivity index (χ1v) is 24.7. The number of ether oxygens (including phenoxy) is 1. The highest BCUT2D eigenvalue weighted by molar-refractivity contribution is 6.31. The largest absolute Gasteiger partial charge is 0.451 e. The number of halogens is 8. The number of benzene rings is 4. The van der Waals surface area contributed by atoms with Crippen LogP contribution in [0.25, 0.3) is 22.6 Å². The van der Waals surface area contributed by atoms with E-state index in [9.17, 15) is 35.9 Å². The van der Waals surface area contributed by atoms with Gasteiger partial charge in [-0.2, -0.15) is 26.3 Å². The average Bonchev–Trinajstić information content (AvgIpc) is 4.02. The van der Waals surface area contributed by atoms with Crippen molar-refractivity contribution in [2.45, 2.75) is 95.6 Å². The summed E-state index contributed by atoms with van der Waals surface area (Å²) >= 11 is 11.7. The molecule has 72 heavy (non-hydrogen) atoms. The van der Waals surface area contributed by atoms with Gasteiger partial charge >= 0.3 is 12.4 Å². The standard InChI is InChI=1S/C28H30ClF3N2O2.C27H28ClF3N2O3/c1-34(2,23-6-4-3-5-7-23)18-20-10-8-19(9-11-20)17-33-27(35)24-16-25(36-26(24)28(30,31)32)21-12-14-22(29)15-13-21;1-33(2,22-11-13-35-14-12-22)17-19-5-3-18(4-6-19)16-32-26(34)23-15-24(36-25(23)27(29,30)31)20-7-9-21(28)10-8-20/h8-16,23H,3-7,17-18H2,1-2H3;3-10,15,22H,11-14,16-17H2,1-2H3/p+2. The molecule has 0 spiro atoms. The van der Waals surface area contributed by atoms with Crippen LogP contribution in [0.2, 0.25) is 10.0 Å². The molecule has 4 aromatic carbocycles. The van der Waals surface area contributed by atoms with E-state index in [0.717, 1.165) is 76.9 Å². The fraction of sp³-hybridized carbons (Fsp3) is 0.382. The SMILES string of the molecule is C[N+](C)(Cc1ccc(CNC(=O)c2cc(-c3ccc(Cl)cc3)oc2C(F)(F)F)cc1)C1CCCCC1.C[N+](C)(Cc1ccc(CNC(=O)c2cc(-c3ccc(Cl)cc3)oc2C(F)(F)F)cc1)C1CCOCC1. The van der Waals surface area contributed by atoms with Crippen molar-refractivity contribution in [3.8, 4) is 22.6 Å². The summed E-state index contributed by atoms with van der Waals surface area (Å²) in [4.78, 5) is 25.4. The number of hydrogen-bond donors (Lipinski definition) is 2. The minimum atomic E-state index is -4.81. The minimum Gasteiger partial charge on any atom is -0.451 e. The number of nitrogens with zero attached hydrogens (tertiary/aromatic N) is 2. The number of carbonyl (C=O) groups excluding carboxylic acids is 2. The van der Waals surface area contributed by atoms with Crippen LogP contribution in [0.15, 0.2) is 118 Å². The van der Waals surface area contributed by atoms with Gasteiger partial charge in [0.15, 0.2) is 0 Å². The molecule has 8 rings (SSSR count). The fourth-order valence-electron chi connectivity index (χ4n) is 9.50. The van der Waals surface area contributed by atoms with Crippen molar-refractivity contribution in [2.24, 2.45) is 0 Å². The molecule has 2 amide bonds. The number of hydrogen-bond acceptors (Lipinski definition) is 5. The molecule has 17 heteroatoms. The lowest BCUT2D eigenvalue weighted by Crippen LogP contribution is -2.50. The van der Waals surface area contributed by atoms with E-state index in [0.29, 0.717) is 33.3 Å². The maximum Gasteiger partial charge on any atom is 0.450 e. The fourth-order valence-corrected chi connectivity index (χ4v) is 9.75. The van der Waals surface area contributed by atoms with Crippen LogP contribution in [0.1, 0.15) is 99.4 Å². The maximum atomic E-state index is 13.6. The Bertz CT molecular complexity index is 2550. The maximum absolute atomic E-state index is 13.6. The van der Waals surface area contributed by atoms with Gasteiger partial charge in [0.05, 0.1) is 64.6 Å². The van der Waals surface area contributed by atoms with Crippen LogP contribution in [0.5, 0.6) is 0 Å². The summed E-state index contributed by atoms with van der Waals surface area (Å²) in [6, 6.07) is 31.4. The van der Waals surface area contributed by atoms with Crippen LogP contribution >= 0.6 is 23.2 Å². The molecule has 0 radical (unpaired) electrons. The van der Waals surface area contributed by atoms with E-state index in [4.69, 9.17) is 36.8 Å². The smallest absolute Gasteiger partial charge is 0.450 e. The van der Waals surface area contributed by atoms with E-state index in [2.05, 4.69) is 38.8 Å². The van der Waals surface area contributed by atoms with E-state index in [1.165, 1.54) is 49.8 Å². The molecule has 2 aliphatic rings. The number of alkyl halides is 6. The van der Waals surface area contributed by atoms with Crippen LogP contribution in [-0.2, 0) is 43.3 Å². The Morgan fingerprint density at radius 3 is 1.24 bits per heavy atom. The van der Waals surface area contributed by atoms with E-state index in [-0.39, 0.29) is 24.6 Å². The van der Waals surface area contributed by atoms with Crippen molar-refractivity contribution in [1.82, 2.24) is 10.6 Å². The van der Waals surface area contributed by atoms with E-state index < -0.39 is 46.8 Å². The Balaban J connectivity index is 0.000000211. The third kappa shape index (κ3) is 14.3. The first-order valence-electron chi connectivity index (χ1n) is 23.9. The van der Waals surface area contributed by atoms with Gasteiger partial charge in [-0.05, 0) is 97.5 Å². The summed E-state index contributed by atoms with van der Waals surface area (Å²) in [5.41, 5.74) is 3.64. The molecule has 1 aliphatic carbocycles. The number of nitrogens with one attached hydrogen (secondary N) is 2. The Morgan fingerprint density at radius 1 is 0.528 bits per heavy atom. The molecule has 2 N–H and O–H groups in total. The Labute approximate surface area is 426 Å². The Hall–Kier alpha value is -5.58. The summed E-state index contributed by atoms with van der Waals surface area (Å²) < 4.78 is 98.9. The molecule has 6 aromatic rings. The van der Waals surface area contributed by atoms with Gasteiger partial charge in [0.25, 0.3) is 11.8 Å². The van der Waals surface area contributed by atoms with Gasteiger partial charge in [-0.1, -0.05) is 78.2 Å². The van der Waals surface area contributed by atoms with Crippen molar-refractivity contribution in [1.29, 1.82) is 0 Å². The van der Waals surface area contributed by atoms with Gasteiger partial charge in [-0.25, -0.2) is 0 Å². The lowest BCUT2D eigenvalue weighted by molar-refractivity contribution is -0.929. The van der Waals surface area contributed by atoms with Crippen LogP contribution in [0.4, 0.5) is 26.3 Å². The first-order chi connectivity index (χ1) is 34.1. The summed E-state index contributed by atoms with van der Waals surface area (Å²) in [5.74, 6) is -4.44. The minimum absolute atomic E-state index is 0.0489. The van der Waals surface area contributed by atoms with E-state index >= 15 is 0 Å². The summed E-state index contributed by atoms with van der Waals surface area (Å²) in [6.45, 7) is 3.55. The van der Waals surface area contributed by atoms with Crippen LogP contribution in [0.3, 0.4) is 0 Å². The molecular weight excluding hydrogens is 982 g/mol. The van der Waals surface area contributed by atoms with Gasteiger partial charge in [0.1, 0.15) is 24.6 Å². The van der Waals surface area contributed by atoms with Crippen molar-refractivity contribution in [2.75, 3.05) is 41.4 Å². The highest BCUT2D eigenvalue weighted by Crippen LogP contribution is 2.39. The number of amides is 2. The molecule has 1 saturated heterocycles. The number of furan rings is 2. The number of rotatable bonds is 14. The summed E-state index contributed by atoms with van der Waals surface area (Å²) in [7, 11) is 8.97. The van der Waals surface area contributed by atoms with Gasteiger partial charge < -0.3 is 33.2 Å². The van der Waals surface area contributed by atoms with Crippen LogP contribution in [0, 0.1) is 0 Å². The molecule has 0 unspecified atom stereocenters. The molecule has 0 atom stereocenters. The van der Waals surface area contributed by atoms with Gasteiger partial charge in [-0.3, -0.25) is 9.59 Å². The predicted octanol–water partition coefficient (Wildman–Crippen LogP) is 13.8. The Morgan fingerprint density at radius 2 is 0.875 bits per heavy atom. The zero-order chi connectivity index (χ0) is 51.8. The molecular formula is C55H60Cl2F6N4O5+2. The molecule has 1 saturated carbocycles. The topological polar surface area (TPSA) is 93.7 Å². The number of carbonyl (C=O) groups is 2. The zero-order valence-corrected chi connectivity index (χ0v) is 42.2. The molecule has 2 fully saturated rings.